The van der Waals surface area contributed by atoms with Crippen LogP contribution in [0.1, 0.15) is 25.0 Å². The minimum Gasteiger partial charge on any atom is -0.389 e. The third-order valence-corrected chi connectivity index (χ3v) is 3.38. The highest BCUT2D eigenvalue weighted by molar-refractivity contribution is 7.80. The number of thiocarbonyl (C=S) groups is 1. The molecule has 0 aliphatic heterocycles. The van der Waals surface area contributed by atoms with Crippen molar-refractivity contribution < 1.29 is 0 Å². The molecule has 0 atom stereocenters. The monoisotopic (exact) mass is 265 g/mol. The summed E-state index contributed by atoms with van der Waals surface area (Å²) in [6, 6.07) is 6.04. The molecular formula is C14H23N3S. The first kappa shape index (κ1) is 14.9. The van der Waals surface area contributed by atoms with Gasteiger partial charge in [-0.1, -0.05) is 26.1 Å². The average molecular weight is 265 g/mol. The molecule has 0 bridgehead atoms. The summed E-state index contributed by atoms with van der Waals surface area (Å²) in [4.78, 5) is 2.85. The van der Waals surface area contributed by atoms with Crippen LogP contribution in [0.3, 0.4) is 0 Å². The summed E-state index contributed by atoms with van der Waals surface area (Å²) in [5.74, 6) is 0. The van der Waals surface area contributed by atoms with E-state index in [1.54, 1.807) is 0 Å². The zero-order valence-corrected chi connectivity index (χ0v) is 12.3. The SMILES string of the molecule is CCN(CC)CCNc1ccc(C(N)=S)cc1C. The van der Waals surface area contributed by atoms with E-state index in [0.717, 1.165) is 37.4 Å². The number of likely N-dealkylation sites (N-methyl/N-ethyl adjacent to an activating group) is 1. The van der Waals surface area contributed by atoms with Crippen molar-refractivity contribution in [1.82, 2.24) is 4.90 Å². The maximum Gasteiger partial charge on any atom is 0.103 e. The van der Waals surface area contributed by atoms with Crippen molar-refractivity contribution >= 4 is 22.9 Å². The van der Waals surface area contributed by atoms with Gasteiger partial charge >= 0.3 is 0 Å². The molecule has 3 nitrogen and oxygen atoms in total. The van der Waals surface area contributed by atoms with Crippen molar-refractivity contribution in [2.75, 3.05) is 31.5 Å². The topological polar surface area (TPSA) is 41.3 Å². The van der Waals surface area contributed by atoms with E-state index >= 15 is 0 Å². The molecule has 4 heteroatoms. The highest BCUT2D eigenvalue weighted by Gasteiger charge is 2.03. The molecule has 0 amide bonds. The lowest BCUT2D eigenvalue weighted by molar-refractivity contribution is 0.316. The first-order valence-electron chi connectivity index (χ1n) is 6.45. The molecular weight excluding hydrogens is 242 g/mol. The van der Waals surface area contributed by atoms with Gasteiger partial charge in [-0.3, -0.25) is 0 Å². The Bertz CT molecular complexity index is 400. The number of nitrogens with two attached hydrogens (primary N) is 1. The Kier molecular flexibility index (Phi) is 6.09. The molecule has 0 saturated heterocycles. The fourth-order valence-corrected chi connectivity index (χ4v) is 2.03. The third kappa shape index (κ3) is 4.27. The fraction of sp³-hybridized carbons (Fsp3) is 0.500. The number of anilines is 1. The number of nitrogens with one attached hydrogen (secondary N) is 1. The van der Waals surface area contributed by atoms with E-state index in [1.807, 2.05) is 18.2 Å². The minimum absolute atomic E-state index is 0.452. The highest BCUT2D eigenvalue weighted by Crippen LogP contribution is 2.16. The molecule has 0 aromatic heterocycles. The summed E-state index contributed by atoms with van der Waals surface area (Å²) >= 11 is 4.97. The van der Waals surface area contributed by atoms with Gasteiger partial charge in [0.1, 0.15) is 4.99 Å². The Morgan fingerprint density at radius 3 is 2.50 bits per heavy atom. The number of nitrogens with zero attached hydrogens (tertiary/aromatic N) is 1. The van der Waals surface area contributed by atoms with Gasteiger partial charge < -0.3 is 16.0 Å². The summed E-state index contributed by atoms with van der Waals surface area (Å²) in [7, 11) is 0. The minimum atomic E-state index is 0.452. The van der Waals surface area contributed by atoms with E-state index in [1.165, 1.54) is 5.56 Å². The van der Waals surface area contributed by atoms with Crippen LogP contribution in [0.25, 0.3) is 0 Å². The third-order valence-electron chi connectivity index (χ3n) is 3.15. The van der Waals surface area contributed by atoms with Gasteiger partial charge in [0.25, 0.3) is 0 Å². The van der Waals surface area contributed by atoms with Crippen LogP contribution in [0.15, 0.2) is 18.2 Å². The average Bonchev–Trinajstić information content (AvgIpc) is 2.36. The molecule has 0 saturated carbocycles. The largest absolute Gasteiger partial charge is 0.389 e. The molecule has 0 radical (unpaired) electrons. The Hall–Kier alpha value is -1.13. The van der Waals surface area contributed by atoms with Crippen LogP contribution in [-0.4, -0.2) is 36.1 Å². The summed E-state index contributed by atoms with van der Waals surface area (Å²) in [5, 5.41) is 3.45. The summed E-state index contributed by atoms with van der Waals surface area (Å²) in [6.07, 6.45) is 0. The normalized spacial score (nSPS) is 10.7. The molecule has 1 aromatic rings. The Balaban J connectivity index is 2.55. The molecule has 0 aliphatic carbocycles. The first-order chi connectivity index (χ1) is 8.58. The molecule has 3 N–H and O–H groups in total. The van der Waals surface area contributed by atoms with Crippen molar-refractivity contribution in [2.45, 2.75) is 20.8 Å². The highest BCUT2D eigenvalue weighted by atomic mass is 32.1. The molecule has 0 fully saturated rings. The molecule has 1 rings (SSSR count). The molecule has 0 unspecified atom stereocenters. The van der Waals surface area contributed by atoms with E-state index in [9.17, 15) is 0 Å². The molecule has 18 heavy (non-hydrogen) atoms. The van der Waals surface area contributed by atoms with E-state index in [4.69, 9.17) is 18.0 Å². The summed E-state index contributed by atoms with van der Waals surface area (Å²) in [6.45, 7) is 10.6. The van der Waals surface area contributed by atoms with Gasteiger partial charge in [-0.05, 0) is 43.8 Å². The van der Waals surface area contributed by atoms with Crippen LogP contribution in [-0.2, 0) is 0 Å². The van der Waals surface area contributed by atoms with Crippen molar-refractivity contribution in [3.8, 4) is 0 Å². The number of aryl methyl sites for hydroxylation is 1. The van der Waals surface area contributed by atoms with E-state index < -0.39 is 0 Å². The lowest BCUT2D eigenvalue weighted by atomic mass is 10.1. The molecule has 0 spiro atoms. The van der Waals surface area contributed by atoms with Gasteiger partial charge in [-0.15, -0.1) is 0 Å². The number of benzene rings is 1. The second kappa shape index (κ2) is 7.34. The van der Waals surface area contributed by atoms with E-state index in [-0.39, 0.29) is 0 Å². The molecule has 0 aliphatic rings. The van der Waals surface area contributed by atoms with Crippen LogP contribution in [0.5, 0.6) is 0 Å². The predicted octanol–water partition coefficient (Wildman–Crippen LogP) is 2.38. The van der Waals surface area contributed by atoms with Gasteiger partial charge in [0.05, 0.1) is 0 Å². The Labute approximate surface area is 115 Å². The summed E-state index contributed by atoms with van der Waals surface area (Å²) < 4.78 is 0. The fourth-order valence-electron chi connectivity index (χ4n) is 1.90. The number of hydrogen-bond acceptors (Lipinski definition) is 3. The zero-order chi connectivity index (χ0) is 13.5. The van der Waals surface area contributed by atoms with E-state index in [0.29, 0.717) is 4.99 Å². The molecule has 0 heterocycles. The van der Waals surface area contributed by atoms with Crippen molar-refractivity contribution in [3.63, 3.8) is 0 Å². The smallest absolute Gasteiger partial charge is 0.103 e. The zero-order valence-electron chi connectivity index (χ0n) is 11.5. The van der Waals surface area contributed by atoms with E-state index in [2.05, 4.69) is 31.0 Å². The number of hydrogen-bond donors (Lipinski definition) is 2. The second-order valence-corrected chi connectivity index (χ2v) is 4.79. The maximum absolute atomic E-state index is 5.61. The van der Waals surface area contributed by atoms with Crippen LogP contribution in [0.4, 0.5) is 5.69 Å². The summed E-state index contributed by atoms with van der Waals surface area (Å²) in [5.41, 5.74) is 8.88. The second-order valence-electron chi connectivity index (χ2n) is 4.35. The van der Waals surface area contributed by atoms with Crippen LogP contribution in [0, 0.1) is 6.92 Å². The predicted molar refractivity (Wildman–Crippen MR) is 83.3 cm³/mol. The van der Waals surface area contributed by atoms with Crippen LogP contribution < -0.4 is 11.1 Å². The van der Waals surface area contributed by atoms with Gasteiger partial charge in [-0.2, -0.15) is 0 Å². The number of rotatable bonds is 7. The Morgan fingerprint density at radius 2 is 2.00 bits per heavy atom. The quantitative estimate of drug-likeness (QED) is 0.743. The standard InChI is InChI=1S/C14H23N3S/c1-4-17(5-2)9-8-16-13-7-6-12(14(15)18)10-11(13)3/h6-7,10,16H,4-5,8-9H2,1-3H3,(H2,15,18). The van der Waals surface area contributed by atoms with Crippen LogP contribution in [0.2, 0.25) is 0 Å². The van der Waals surface area contributed by atoms with Crippen molar-refractivity contribution in [2.24, 2.45) is 5.73 Å². The molecule has 100 valence electrons. The lowest BCUT2D eigenvalue weighted by Crippen LogP contribution is -2.28. The van der Waals surface area contributed by atoms with Gasteiger partial charge in [0.2, 0.25) is 0 Å². The van der Waals surface area contributed by atoms with Gasteiger partial charge in [-0.25, -0.2) is 0 Å². The van der Waals surface area contributed by atoms with Gasteiger partial charge in [0, 0.05) is 24.3 Å². The van der Waals surface area contributed by atoms with Crippen LogP contribution >= 0.6 is 12.2 Å². The maximum atomic E-state index is 5.61. The molecule has 1 aromatic carbocycles. The lowest BCUT2D eigenvalue weighted by Gasteiger charge is -2.19. The van der Waals surface area contributed by atoms with Crippen molar-refractivity contribution in [3.05, 3.63) is 29.3 Å². The van der Waals surface area contributed by atoms with Crippen molar-refractivity contribution in [1.29, 1.82) is 0 Å². The first-order valence-corrected chi connectivity index (χ1v) is 6.86. The van der Waals surface area contributed by atoms with Gasteiger partial charge in [0.15, 0.2) is 0 Å². The Morgan fingerprint density at radius 1 is 1.33 bits per heavy atom.